The van der Waals surface area contributed by atoms with Crippen molar-refractivity contribution >= 4 is 18.1 Å². The van der Waals surface area contributed by atoms with Gasteiger partial charge in [0.25, 0.3) is 0 Å². The minimum atomic E-state index is -1.41. The van der Waals surface area contributed by atoms with Crippen LogP contribution in [0, 0.1) is 0 Å². The van der Waals surface area contributed by atoms with Gasteiger partial charge >= 0.3 is 0 Å². The molecule has 1 unspecified atom stereocenters. The van der Waals surface area contributed by atoms with Crippen LogP contribution in [0.25, 0.3) is 6.08 Å². The molecule has 4 nitrogen and oxygen atoms in total. The van der Waals surface area contributed by atoms with Crippen LogP contribution in [0.2, 0.25) is 0 Å². The Bertz CT molecular complexity index is 406. The van der Waals surface area contributed by atoms with Crippen molar-refractivity contribution < 1.29 is 19.4 Å². The summed E-state index contributed by atoms with van der Waals surface area (Å²) < 4.78 is 4.74. The Hall–Kier alpha value is -1.78. The summed E-state index contributed by atoms with van der Waals surface area (Å²) in [7, 11) is 0. The number of aldehydes is 1. The van der Waals surface area contributed by atoms with E-state index < -0.39 is 12.1 Å². The number of aliphatic hydroxyl groups is 1. The first-order chi connectivity index (χ1) is 8.17. The van der Waals surface area contributed by atoms with E-state index in [1.54, 1.807) is 37.3 Å². The van der Waals surface area contributed by atoms with Gasteiger partial charge in [0, 0.05) is 12.2 Å². The molecule has 0 bridgehead atoms. The minimum Gasteiger partial charge on any atom is -0.362 e. The van der Waals surface area contributed by atoms with Crippen molar-refractivity contribution in [1.29, 1.82) is 0 Å². The summed E-state index contributed by atoms with van der Waals surface area (Å²) in [6.07, 6.45) is 2.14. The van der Waals surface area contributed by atoms with Gasteiger partial charge < -0.3 is 9.84 Å². The van der Waals surface area contributed by atoms with E-state index in [0.29, 0.717) is 5.56 Å². The normalized spacial score (nSPS) is 12.6. The molecule has 1 rings (SSSR count). The zero-order valence-electron chi connectivity index (χ0n) is 9.50. The van der Waals surface area contributed by atoms with Gasteiger partial charge in [0.1, 0.15) is 6.29 Å². The van der Waals surface area contributed by atoms with Gasteiger partial charge in [-0.05, 0) is 18.6 Å². The van der Waals surface area contributed by atoms with E-state index in [1.807, 2.05) is 0 Å². The zero-order chi connectivity index (χ0) is 12.7. The van der Waals surface area contributed by atoms with Gasteiger partial charge in [-0.1, -0.05) is 30.3 Å². The Balaban J connectivity index is 2.63. The first-order valence-electron chi connectivity index (χ1n) is 5.24. The monoisotopic (exact) mass is 234 g/mol. The van der Waals surface area contributed by atoms with Crippen molar-refractivity contribution in [3.8, 4) is 0 Å². The number of benzene rings is 1. The molecular formula is C13H14O4. The van der Waals surface area contributed by atoms with Gasteiger partial charge in [0.15, 0.2) is 0 Å². The lowest BCUT2D eigenvalue weighted by atomic mass is 10.1. The van der Waals surface area contributed by atoms with Crippen LogP contribution >= 0.6 is 0 Å². The molecule has 1 aromatic rings. The first kappa shape index (κ1) is 13.3. The molecule has 0 saturated heterocycles. The van der Waals surface area contributed by atoms with Crippen molar-refractivity contribution in [3.63, 3.8) is 0 Å². The van der Waals surface area contributed by atoms with E-state index >= 15 is 0 Å². The van der Waals surface area contributed by atoms with Crippen LogP contribution in [0.4, 0.5) is 0 Å². The molecule has 1 N–H and O–H groups in total. The average molecular weight is 234 g/mol. The van der Waals surface area contributed by atoms with Crippen LogP contribution in [0.1, 0.15) is 22.8 Å². The molecule has 1 atom stereocenters. The minimum absolute atomic E-state index is 0.273. The molecule has 0 aromatic heterocycles. The molecular weight excluding hydrogens is 220 g/mol. The van der Waals surface area contributed by atoms with Crippen LogP contribution in [0.15, 0.2) is 30.3 Å². The van der Waals surface area contributed by atoms with Crippen LogP contribution in [0.3, 0.4) is 0 Å². The van der Waals surface area contributed by atoms with E-state index in [1.165, 1.54) is 6.08 Å². The summed E-state index contributed by atoms with van der Waals surface area (Å²) >= 11 is 0. The highest BCUT2D eigenvalue weighted by molar-refractivity contribution is 5.95. The highest BCUT2D eigenvalue weighted by Gasteiger charge is 2.10. The second-order valence-electron chi connectivity index (χ2n) is 3.33. The van der Waals surface area contributed by atoms with E-state index in [-0.39, 0.29) is 6.61 Å². The number of ether oxygens (including phenoxy) is 1. The first-order valence-corrected chi connectivity index (χ1v) is 5.24. The molecule has 1 aromatic carbocycles. The van der Waals surface area contributed by atoms with Crippen LogP contribution in [-0.4, -0.2) is 30.1 Å². The van der Waals surface area contributed by atoms with Gasteiger partial charge in [-0.2, -0.15) is 0 Å². The van der Waals surface area contributed by atoms with Gasteiger partial charge in [-0.3, -0.25) is 9.59 Å². The molecule has 0 aliphatic rings. The number of hydrogen-bond donors (Lipinski definition) is 1. The SMILES string of the molecule is CCOC(O)C(=O)/C=C/c1ccc(C=O)cc1. The molecule has 0 saturated carbocycles. The maximum absolute atomic E-state index is 11.3. The van der Waals surface area contributed by atoms with Crippen LogP contribution in [-0.2, 0) is 9.53 Å². The summed E-state index contributed by atoms with van der Waals surface area (Å²) in [6, 6.07) is 6.72. The molecule has 17 heavy (non-hydrogen) atoms. The molecule has 0 amide bonds. The summed E-state index contributed by atoms with van der Waals surface area (Å²) in [5.41, 5.74) is 1.34. The Morgan fingerprint density at radius 1 is 1.35 bits per heavy atom. The number of ketones is 1. The van der Waals surface area contributed by atoms with Crippen LogP contribution < -0.4 is 0 Å². The Labute approximate surface area is 99.5 Å². The molecule has 0 radical (unpaired) electrons. The number of rotatable bonds is 6. The molecule has 0 heterocycles. The van der Waals surface area contributed by atoms with E-state index in [2.05, 4.69) is 0 Å². The molecule has 0 aliphatic heterocycles. The van der Waals surface area contributed by atoms with E-state index in [4.69, 9.17) is 4.74 Å². The summed E-state index contributed by atoms with van der Waals surface area (Å²) in [5.74, 6) is -0.508. The predicted molar refractivity (Wildman–Crippen MR) is 63.5 cm³/mol. The number of carbonyl (C=O) groups is 2. The maximum atomic E-state index is 11.3. The van der Waals surface area contributed by atoms with E-state index in [9.17, 15) is 14.7 Å². The van der Waals surface area contributed by atoms with Gasteiger partial charge in [-0.25, -0.2) is 0 Å². The number of aliphatic hydroxyl groups excluding tert-OH is 1. The van der Waals surface area contributed by atoms with Gasteiger partial charge in [0.05, 0.1) is 0 Å². The fourth-order valence-electron chi connectivity index (χ4n) is 1.19. The van der Waals surface area contributed by atoms with Crippen molar-refractivity contribution in [3.05, 3.63) is 41.5 Å². The third-order valence-corrected chi connectivity index (χ3v) is 2.08. The van der Waals surface area contributed by atoms with Gasteiger partial charge in [-0.15, -0.1) is 0 Å². The van der Waals surface area contributed by atoms with Crippen molar-refractivity contribution in [2.45, 2.75) is 13.2 Å². The molecule has 0 spiro atoms. The summed E-state index contributed by atoms with van der Waals surface area (Å²) in [6.45, 7) is 1.97. The highest BCUT2D eigenvalue weighted by Crippen LogP contribution is 2.05. The largest absolute Gasteiger partial charge is 0.362 e. The highest BCUT2D eigenvalue weighted by atomic mass is 16.6. The topological polar surface area (TPSA) is 63.6 Å². The Morgan fingerprint density at radius 3 is 2.47 bits per heavy atom. The molecule has 90 valence electrons. The zero-order valence-corrected chi connectivity index (χ0v) is 9.50. The second kappa shape index (κ2) is 6.73. The third kappa shape index (κ3) is 4.30. The standard InChI is InChI=1S/C13H14O4/c1-2-17-13(16)12(15)8-7-10-3-5-11(9-14)6-4-10/h3-9,13,16H,2H2,1H3/b8-7+. The lowest BCUT2D eigenvalue weighted by Gasteiger charge is -2.05. The summed E-state index contributed by atoms with van der Waals surface area (Å²) in [4.78, 5) is 21.7. The lowest BCUT2D eigenvalue weighted by molar-refractivity contribution is -0.149. The smallest absolute Gasteiger partial charge is 0.219 e. The quantitative estimate of drug-likeness (QED) is 0.459. The fourth-order valence-corrected chi connectivity index (χ4v) is 1.19. The molecule has 0 aliphatic carbocycles. The average Bonchev–Trinajstić information content (AvgIpc) is 2.36. The van der Waals surface area contributed by atoms with Crippen molar-refractivity contribution in [2.24, 2.45) is 0 Å². The summed E-state index contributed by atoms with van der Waals surface area (Å²) in [5, 5.41) is 9.21. The van der Waals surface area contributed by atoms with Gasteiger partial charge in [0.2, 0.25) is 12.1 Å². The van der Waals surface area contributed by atoms with Crippen molar-refractivity contribution in [2.75, 3.05) is 6.61 Å². The molecule has 0 fully saturated rings. The van der Waals surface area contributed by atoms with Crippen LogP contribution in [0.5, 0.6) is 0 Å². The lowest BCUT2D eigenvalue weighted by Crippen LogP contribution is -2.21. The number of hydrogen-bond acceptors (Lipinski definition) is 4. The van der Waals surface area contributed by atoms with Crippen molar-refractivity contribution in [1.82, 2.24) is 0 Å². The fraction of sp³-hybridized carbons (Fsp3) is 0.231. The number of carbonyl (C=O) groups excluding carboxylic acids is 2. The van der Waals surface area contributed by atoms with E-state index in [0.717, 1.165) is 11.8 Å². The Kier molecular flexibility index (Phi) is 5.26. The predicted octanol–water partition coefficient (Wildman–Crippen LogP) is 1.44. The third-order valence-electron chi connectivity index (χ3n) is 2.08. The second-order valence-corrected chi connectivity index (χ2v) is 3.33. The molecule has 4 heteroatoms. The maximum Gasteiger partial charge on any atom is 0.219 e. The Morgan fingerprint density at radius 2 is 1.94 bits per heavy atom.